The molecule has 3 heteroatoms. The van der Waals surface area contributed by atoms with Gasteiger partial charge in [-0.05, 0) is 44.0 Å². The van der Waals surface area contributed by atoms with Crippen molar-refractivity contribution in [3.63, 3.8) is 0 Å². The number of fused-ring (bicyclic) bond motifs is 1. The van der Waals surface area contributed by atoms with E-state index in [-0.39, 0.29) is 0 Å². The van der Waals surface area contributed by atoms with Crippen molar-refractivity contribution in [3.05, 3.63) is 35.4 Å². The van der Waals surface area contributed by atoms with Crippen LogP contribution in [0.1, 0.15) is 36.9 Å². The predicted octanol–water partition coefficient (Wildman–Crippen LogP) is 2.37. The van der Waals surface area contributed by atoms with Crippen LogP contribution >= 0.6 is 0 Å². The standard InChI is InChI=1S/C17H26N2O/c1-3-18-17-15-7-5-4-6-13(15)8-9-16(17)19(2)14-10-11-20-12-14/h4-7,14,16-18H,3,8-12H2,1-2H3. The lowest BCUT2D eigenvalue weighted by Gasteiger charge is -2.42. The van der Waals surface area contributed by atoms with Crippen LogP contribution in [0.4, 0.5) is 0 Å². The summed E-state index contributed by atoms with van der Waals surface area (Å²) >= 11 is 0. The first-order chi connectivity index (χ1) is 9.81. The Balaban J connectivity index is 1.83. The molecule has 3 unspecified atom stereocenters. The predicted molar refractivity (Wildman–Crippen MR) is 82.0 cm³/mol. The Kier molecular flexibility index (Phi) is 4.39. The Morgan fingerprint density at radius 1 is 1.30 bits per heavy atom. The van der Waals surface area contributed by atoms with Crippen molar-refractivity contribution in [1.82, 2.24) is 10.2 Å². The zero-order chi connectivity index (χ0) is 13.9. The molecule has 3 atom stereocenters. The molecular weight excluding hydrogens is 248 g/mol. The first kappa shape index (κ1) is 14.1. The van der Waals surface area contributed by atoms with Crippen LogP contribution in [0.2, 0.25) is 0 Å². The van der Waals surface area contributed by atoms with Crippen molar-refractivity contribution < 1.29 is 4.74 Å². The number of aryl methyl sites for hydroxylation is 1. The van der Waals surface area contributed by atoms with E-state index in [1.807, 2.05) is 0 Å². The van der Waals surface area contributed by atoms with Gasteiger partial charge in [0.25, 0.3) is 0 Å². The number of ether oxygens (including phenoxy) is 1. The van der Waals surface area contributed by atoms with Gasteiger partial charge in [-0.25, -0.2) is 0 Å². The third kappa shape index (κ3) is 2.62. The maximum absolute atomic E-state index is 5.57. The average molecular weight is 274 g/mol. The van der Waals surface area contributed by atoms with Gasteiger partial charge in [0.05, 0.1) is 6.61 Å². The van der Waals surface area contributed by atoms with Crippen molar-refractivity contribution in [3.8, 4) is 0 Å². The van der Waals surface area contributed by atoms with Gasteiger partial charge in [0, 0.05) is 24.7 Å². The maximum atomic E-state index is 5.57. The minimum atomic E-state index is 0.454. The first-order valence-corrected chi connectivity index (χ1v) is 7.92. The molecule has 0 saturated carbocycles. The van der Waals surface area contributed by atoms with Gasteiger partial charge in [-0.3, -0.25) is 4.90 Å². The summed E-state index contributed by atoms with van der Waals surface area (Å²) in [7, 11) is 2.28. The molecule has 0 bridgehead atoms. The summed E-state index contributed by atoms with van der Waals surface area (Å²) in [5.41, 5.74) is 3.02. The second kappa shape index (κ2) is 6.25. The average Bonchev–Trinajstić information content (AvgIpc) is 3.01. The molecule has 0 amide bonds. The van der Waals surface area contributed by atoms with Gasteiger partial charge >= 0.3 is 0 Å². The molecule has 3 rings (SSSR count). The highest BCUT2D eigenvalue weighted by atomic mass is 16.5. The van der Waals surface area contributed by atoms with E-state index < -0.39 is 0 Å². The van der Waals surface area contributed by atoms with Crippen molar-refractivity contribution in [2.75, 3.05) is 26.8 Å². The molecule has 1 aliphatic carbocycles. The van der Waals surface area contributed by atoms with Crippen LogP contribution < -0.4 is 5.32 Å². The van der Waals surface area contributed by atoms with E-state index in [0.29, 0.717) is 18.1 Å². The Morgan fingerprint density at radius 3 is 2.90 bits per heavy atom. The van der Waals surface area contributed by atoms with Gasteiger partial charge in [-0.2, -0.15) is 0 Å². The van der Waals surface area contributed by atoms with E-state index in [9.17, 15) is 0 Å². The second-order valence-corrected chi connectivity index (χ2v) is 6.02. The minimum absolute atomic E-state index is 0.454. The lowest BCUT2D eigenvalue weighted by atomic mass is 9.83. The number of hydrogen-bond acceptors (Lipinski definition) is 3. The SMILES string of the molecule is CCNC1c2ccccc2CCC1N(C)C1CCOC1. The van der Waals surface area contributed by atoms with Gasteiger partial charge in [0.2, 0.25) is 0 Å². The molecule has 0 radical (unpaired) electrons. The molecular formula is C17H26N2O. The maximum Gasteiger partial charge on any atom is 0.0622 e. The zero-order valence-corrected chi connectivity index (χ0v) is 12.6. The monoisotopic (exact) mass is 274 g/mol. The fraction of sp³-hybridized carbons (Fsp3) is 0.647. The topological polar surface area (TPSA) is 24.5 Å². The summed E-state index contributed by atoms with van der Waals surface area (Å²) in [6.45, 7) is 5.04. The van der Waals surface area contributed by atoms with Gasteiger partial charge in [-0.1, -0.05) is 31.2 Å². The lowest BCUT2D eigenvalue weighted by molar-refractivity contribution is 0.103. The van der Waals surface area contributed by atoms with Crippen LogP contribution in [0.5, 0.6) is 0 Å². The van der Waals surface area contributed by atoms with Crippen LogP contribution in [0.15, 0.2) is 24.3 Å². The van der Waals surface area contributed by atoms with Crippen LogP contribution in [-0.2, 0) is 11.2 Å². The normalized spacial score (nSPS) is 29.6. The highest BCUT2D eigenvalue weighted by molar-refractivity contribution is 5.34. The first-order valence-electron chi connectivity index (χ1n) is 7.92. The molecule has 0 spiro atoms. The van der Waals surface area contributed by atoms with Crippen molar-refractivity contribution in [1.29, 1.82) is 0 Å². The van der Waals surface area contributed by atoms with E-state index in [0.717, 1.165) is 19.8 Å². The van der Waals surface area contributed by atoms with E-state index in [4.69, 9.17) is 4.74 Å². The van der Waals surface area contributed by atoms with Gasteiger partial charge < -0.3 is 10.1 Å². The van der Waals surface area contributed by atoms with E-state index in [1.165, 1.54) is 30.4 Å². The molecule has 1 aromatic rings. The second-order valence-electron chi connectivity index (χ2n) is 6.02. The van der Waals surface area contributed by atoms with Gasteiger partial charge in [0.1, 0.15) is 0 Å². The summed E-state index contributed by atoms with van der Waals surface area (Å²) < 4.78 is 5.57. The number of nitrogens with one attached hydrogen (secondary N) is 1. The third-order valence-electron chi connectivity index (χ3n) is 4.91. The number of likely N-dealkylation sites (N-methyl/N-ethyl adjacent to an activating group) is 2. The Hall–Kier alpha value is -0.900. The van der Waals surface area contributed by atoms with Crippen molar-refractivity contribution in [2.45, 2.75) is 44.3 Å². The minimum Gasteiger partial charge on any atom is -0.380 e. The summed E-state index contributed by atoms with van der Waals surface area (Å²) in [6, 6.07) is 10.5. The van der Waals surface area contributed by atoms with E-state index >= 15 is 0 Å². The zero-order valence-electron chi connectivity index (χ0n) is 12.6. The number of benzene rings is 1. The van der Waals surface area contributed by atoms with Crippen LogP contribution in [0.3, 0.4) is 0 Å². The molecule has 0 aromatic heterocycles. The molecule has 20 heavy (non-hydrogen) atoms. The number of hydrogen-bond donors (Lipinski definition) is 1. The van der Waals surface area contributed by atoms with Crippen LogP contribution in [-0.4, -0.2) is 43.8 Å². The van der Waals surface area contributed by atoms with E-state index in [2.05, 4.69) is 48.5 Å². The molecule has 1 saturated heterocycles. The van der Waals surface area contributed by atoms with Crippen molar-refractivity contribution in [2.24, 2.45) is 0 Å². The Morgan fingerprint density at radius 2 is 2.15 bits per heavy atom. The highest BCUT2D eigenvalue weighted by Crippen LogP contribution is 2.34. The highest BCUT2D eigenvalue weighted by Gasteiger charge is 2.35. The summed E-state index contributed by atoms with van der Waals surface area (Å²) in [5.74, 6) is 0. The molecule has 3 nitrogen and oxygen atoms in total. The summed E-state index contributed by atoms with van der Waals surface area (Å²) in [4.78, 5) is 2.57. The van der Waals surface area contributed by atoms with Gasteiger partial charge in [-0.15, -0.1) is 0 Å². The number of nitrogens with zero attached hydrogens (tertiary/aromatic N) is 1. The molecule has 110 valence electrons. The van der Waals surface area contributed by atoms with Crippen molar-refractivity contribution >= 4 is 0 Å². The molecule has 2 aliphatic rings. The third-order valence-corrected chi connectivity index (χ3v) is 4.91. The summed E-state index contributed by atoms with van der Waals surface area (Å²) in [5, 5.41) is 3.71. The fourth-order valence-corrected chi connectivity index (χ4v) is 3.76. The van der Waals surface area contributed by atoms with Crippen LogP contribution in [0.25, 0.3) is 0 Å². The molecule has 1 fully saturated rings. The lowest BCUT2D eigenvalue weighted by Crippen LogP contribution is -2.49. The fourth-order valence-electron chi connectivity index (χ4n) is 3.76. The summed E-state index contributed by atoms with van der Waals surface area (Å²) in [6.07, 6.45) is 3.61. The van der Waals surface area contributed by atoms with E-state index in [1.54, 1.807) is 0 Å². The quantitative estimate of drug-likeness (QED) is 0.912. The smallest absolute Gasteiger partial charge is 0.0622 e. The molecule has 1 heterocycles. The molecule has 1 N–H and O–H groups in total. The largest absolute Gasteiger partial charge is 0.380 e. The Labute approximate surface area is 122 Å². The number of rotatable bonds is 4. The molecule has 1 aliphatic heterocycles. The van der Waals surface area contributed by atoms with Crippen LogP contribution in [0, 0.1) is 0 Å². The van der Waals surface area contributed by atoms with Gasteiger partial charge in [0.15, 0.2) is 0 Å². The Bertz CT molecular complexity index is 442. The molecule has 1 aromatic carbocycles.